The Bertz CT molecular complexity index is 3280. The number of allylic oxidation sites excluding steroid dienone is 4. The standard InChI is InChI=1S/C58H73FN12O12S2/c1-30-23-38-37-15-12-33-24-36(72)18-19-55(33,2)57(37,59)40(73)25-56(38,3)58(30,83)53(82)63-20-8-6-5-7-9-42(75)67-44-49(77)71-45(52(80)81)32(29-85-50(44)71)28-84-22-21-62-41(74)17-16-39(51(78)79)66-48(76)31-10-13-35(14-11-31)70(4)27-34-26-64-47-43(65-34)46(60)68-54(61)69-47/h10-11,13-14,18-19,24,26,30,37-40,44,50,73,83H,5-9,12,15-17,20-23,25,27-29H2,1-4H3,(H,62,74)(H,63,82)(H,66,76)(H,67,75)(H,78,79)(H,80,81)(H4,60,61,64,68,69)/t30-,37?,38?,39?,40?,44?,50?,55+,56+,57?,58?/m1/s1. The molecule has 5 amide bonds. The number of β-lactam (4-membered cyclic amide) rings is 1. The number of halogens is 1. The molecule has 0 radical (unpaired) electrons. The SMILES string of the molecule is C[C@@H]1CC2C3CCC4=CC(=O)C=C[C@]4(C)C3(F)C(O)C[C@]2(C)C1(O)C(=O)NCCCCCCC(=O)NC1C(=O)N2C(C(=O)O)=C(CSCCNC(=O)CCC(NC(=O)c3ccc(N(C)Cc4cnc5nc(N)nc(N)c5n4)cc3)C(=O)O)CSC12. The van der Waals surface area contributed by atoms with Gasteiger partial charge in [-0.25, -0.2) is 23.9 Å². The number of hydrogen-bond acceptors (Lipinski definition) is 19. The van der Waals surface area contributed by atoms with Crippen LogP contribution >= 0.6 is 23.5 Å². The van der Waals surface area contributed by atoms with Gasteiger partial charge in [0, 0.05) is 78.2 Å². The maximum absolute atomic E-state index is 17.5. The lowest BCUT2D eigenvalue weighted by Gasteiger charge is -2.62. The van der Waals surface area contributed by atoms with Gasteiger partial charge >= 0.3 is 11.9 Å². The first kappa shape index (κ1) is 62.3. The number of unbranched alkanes of at least 4 members (excludes halogenated alkanes) is 3. The molecule has 3 aromatic rings. The van der Waals surface area contributed by atoms with Crippen LogP contribution in [-0.2, 0) is 40.1 Å². The van der Waals surface area contributed by atoms with Crippen molar-refractivity contribution in [2.45, 2.75) is 133 Å². The van der Waals surface area contributed by atoms with E-state index in [0.717, 1.165) is 5.69 Å². The number of hydrogen-bond donors (Lipinski definition) is 10. The van der Waals surface area contributed by atoms with Crippen molar-refractivity contribution >= 4 is 99.4 Å². The Morgan fingerprint density at radius 2 is 1.71 bits per heavy atom. The van der Waals surface area contributed by atoms with Crippen molar-refractivity contribution in [1.29, 1.82) is 0 Å². The topological polar surface area (TPSA) is 376 Å². The molecular weight excluding hydrogens is 1140 g/mol. The van der Waals surface area contributed by atoms with Gasteiger partial charge in [0.2, 0.25) is 17.8 Å². The second-order valence-electron chi connectivity index (χ2n) is 23.5. The van der Waals surface area contributed by atoms with Crippen molar-refractivity contribution in [1.82, 2.24) is 46.1 Å². The number of aliphatic hydroxyl groups is 2. The first-order chi connectivity index (χ1) is 40.3. The summed E-state index contributed by atoms with van der Waals surface area (Å²) >= 11 is 2.68. The number of ketones is 1. The number of aliphatic hydroxyl groups excluding tert-OH is 1. The molecule has 24 nitrogen and oxygen atoms in total. The summed E-state index contributed by atoms with van der Waals surface area (Å²) in [5.74, 6) is -5.84. The summed E-state index contributed by atoms with van der Waals surface area (Å²) in [5, 5.41) is 54.2. The number of aliphatic carboxylic acids is 2. The van der Waals surface area contributed by atoms with Gasteiger partial charge in [0.05, 0.1) is 24.5 Å². The number of nitrogens with one attached hydrogen (secondary N) is 4. The number of carboxylic acids is 2. The van der Waals surface area contributed by atoms with Crippen LogP contribution in [0.15, 0.2) is 65.5 Å². The second-order valence-corrected chi connectivity index (χ2v) is 25.7. The molecule has 6 aliphatic rings. The van der Waals surface area contributed by atoms with Gasteiger partial charge in [0.1, 0.15) is 23.2 Å². The highest BCUT2D eigenvalue weighted by Gasteiger charge is 2.76. The smallest absolute Gasteiger partial charge is 0.352 e. The van der Waals surface area contributed by atoms with E-state index in [-0.39, 0.29) is 90.8 Å². The number of amides is 5. The Labute approximate surface area is 498 Å². The molecule has 0 bridgehead atoms. The third kappa shape index (κ3) is 11.9. The molecule has 1 saturated heterocycles. The number of carboxylic acid groups (broad SMARTS) is 2. The molecule has 11 atom stereocenters. The lowest BCUT2D eigenvalue weighted by Crippen LogP contribution is -2.70. The predicted molar refractivity (Wildman–Crippen MR) is 315 cm³/mol. The van der Waals surface area contributed by atoms with Crippen molar-refractivity contribution < 1.29 is 63.2 Å². The summed E-state index contributed by atoms with van der Waals surface area (Å²) < 4.78 is 17.5. The Morgan fingerprint density at radius 1 is 0.965 bits per heavy atom. The largest absolute Gasteiger partial charge is 0.480 e. The fourth-order valence-electron chi connectivity index (χ4n) is 13.8. The fourth-order valence-corrected chi connectivity index (χ4v) is 16.1. The highest BCUT2D eigenvalue weighted by atomic mass is 32.2. The first-order valence-electron chi connectivity index (χ1n) is 28.6. The molecule has 3 saturated carbocycles. The number of alkyl halides is 1. The van der Waals surface area contributed by atoms with Crippen LogP contribution in [0.3, 0.4) is 0 Å². The summed E-state index contributed by atoms with van der Waals surface area (Å²) in [6.45, 7) is 6.08. The highest BCUT2D eigenvalue weighted by Crippen LogP contribution is 2.70. The summed E-state index contributed by atoms with van der Waals surface area (Å²) in [4.78, 5) is 123. The molecule has 12 N–H and O–H groups in total. The van der Waals surface area contributed by atoms with Gasteiger partial charge in [-0.05, 0) is 106 Å². The molecule has 8 unspecified atom stereocenters. The zero-order valence-electron chi connectivity index (χ0n) is 47.8. The van der Waals surface area contributed by atoms with E-state index in [1.165, 1.54) is 46.8 Å². The van der Waals surface area contributed by atoms with E-state index in [1.807, 2.05) is 4.90 Å². The van der Waals surface area contributed by atoms with E-state index in [9.17, 15) is 58.8 Å². The molecule has 0 spiro atoms. The van der Waals surface area contributed by atoms with Crippen molar-refractivity contribution in [2.24, 2.45) is 28.6 Å². The van der Waals surface area contributed by atoms with Crippen LogP contribution in [0.25, 0.3) is 11.2 Å². The molecule has 2 aliphatic heterocycles. The summed E-state index contributed by atoms with van der Waals surface area (Å²) in [7, 11) is 1.80. The van der Waals surface area contributed by atoms with Crippen LogP contribution in [0.4, 0.5) is 21.8 Å². The number of fused-ring (bicyclic) bond motifs is 7. The molecule has 4 fully saturated rings. The van der Waals surface area contributed by atoms with Crippen molar-refractivity contribution in [2.75, 3.05) is 53.8 Å². The number of nitrogens with zero attached hydrogens (tertiary/aromatic N) is 6. The molecule has 456 valence electrons. The van der Waals surface area contributed by atoms with Gasteiger partial charge in [0.15, 0.2) is 34.0 Å². The van der Waals surface area contributed by atoms with E-state index in [4.69, 9.17) is 11.5 Å². The van der Waals surface area contributed by atoms with Crippen molar-refractivity contribution in [3.8, 4) is 0 Å². The molecule has 85 heavy (non-hydrogen) atoms. The number of thioether (sulfide) groups is 2. The van der Waals surface area contributed by atoms with Gasteiger partial charge in [0.25, 0.3) is 17.7 Å². The summed E-state index contributed by atoms with van der Waals surface area (Å²) in [6, 6.07) is 4.20. The number of aromatic nitrogens is 4. The van der Waals surface area contributed by atoms with Gasteiger partial charge in [-0.1, -0.05) is 38.3 Å². The average Bonchev–Trinajstić information content (AvgIpc) is 1.64. The Kier molecular flexibility index (Phi) is 18.3. The Hall–Kier alpha value is -7.23. The highest BCUT2D eigenvalue weighted by molar-refractivity contribution is 8.01. The zero-order chi connectivity index (χ0) is 61.3. The van der Waals surface area contributed by atoms with Gasteiger partial charge < -0.3 is 58.1 Å². The molecular formula is C58H73FN12O12S2. The van der Waals surface area contributed by atoms with Gasteiger partial charge in [-0.2, -0.15) is 21.7 Å². The summed E-state index contributed by atoms with van der Waals surface area (Å²) in [5.41, 5.74) is 8.49. The van der Waals surface area contributed by atoms with Crippen molar-refractivity contribution in [3.05, 3.63) is 76.8 Å². The lowest BCUT2D eigenvalue weighted by atomic mass is 9.44. The molecule has 27 heteroatoms. The Morgan fingerprint density at radius 3 is 2.44 bits per heavy atom. The maximum atomic E-state index is 17.5. The normalized spacial score (nSPS) is 28.6. The quantitative estimate of drug-likeness (QED) is 0.0455. The average molecular weight is 1210 g/mol. The number of carbonyl (C=O) groups excluding carboxylic acids is 6. The first-order valence-corrected chi connectivity index (χ1v) is 30.8. The maximum Gasteiger partial charge on any atom is 0.352 e. The number of anilines is 3. The molecule has 1 aromatic carbocycles. The number of nitrogens with two attached hydrogens (primary N) is 2. The Balaban J connectivity index is 0.649. The fraction of sp³-hybridized carbons (Fsp3) is 0.552. The van der Waals surface area contributed by atoms with E-state index in [1.54, 1.807) is 58.2 Å². The van der Waals surface area contributed by atoms with Crippen LogP contribution in [-0.4, -0.2) is 165 Å². The van der Waals surface area contributed by atoms with E-state index in [2.05, 4.69) is 41.2 Å². The van der Waals surface area contributed by atoms with E-state index < -0.39 is 93.1 Å². The lowest BCUT2D eigenvalue weighted by molar-refractivity contribution is -0.219. The van der Waals surface area contributed by atoms with Crippen LogP contribution < -0.4 is 37.6 Å². The number of rotatable bonds is 24. The zero-order valence-corrected chi connectivity index (χ0v) is 49.4. The third-order valence-corrected chi connectivity index (χ3v) is 20.7. The number of nitrogen functional groups attached to an aromatic ring is 2. The minimum Gasteiger partial charge on any atom is -0.480 e. The van der Waals surface area contributed by atoms with Gasteiger partial charge in [-0.15, -0.1) is 11.8 Å². The minimum atomic E-state index is -2.07. The molecule has 4 aliphatic carbocycles. The van der Waals surface area contributed by atoms with Crippen LogP contribution in [0, 0.1) is 28.6 Å². The minimum absolute atomic E-state index is 0.0147. The predicted octanol–water partition coefficient (Wildman–Crippen LogP) is 3.19. The number of carbonyl (C=O) groups is 8. The van der Waals surface area contributed by atoms with Crippen LogP contribution in [0.5, 0.6) is 0 Å². The number of benzene rings is 1. The molecule has 2 aromatic heterocycles. The monoisotopic (exact) mass is 1210 g/mol. The molecule has 9 rings (SSSR count). The summed E-state index contributed by atoms with van der Waals surface area (Å²) in [6.07, 6.45) is 7.71. The van der Waals surface area contributed by atoms with E-state index >= 15 is 4.39 Å². The van der Waals surface area contributed by atoms with Crippen molar-refractivity contribution in [3.63, 3.8) is 0 Å². The second kappa shape index (κ2) is 25.0. The van der Waals surface area contributed by atoms with E-state index in [0.29, 0.717) is 85.4 Å². The van der Waals surface area contributed by atoms with Gasteiger partial charge in [-0.3, -0.25) is 33.7 Å². The molecule has 4 heterocycles. The van der Waals surface area contributed by atoms with Crippen LogP contribution in [0.2, 0.25) is 0 Å². The van der Waals surface area contributed by atoms with Crippen LogP contribution in [0.1, 0.15) is 107 Å². The third-order valence-electron chi connectivity index (χ3n) is 18.3.